The standard InChI is InChI=1S/C16H19N7O2S2/c17-13-20-14(18)23(16(21-13)7-1-2-8-16)11-3-5-12(6-4-11)27(24,25)22-15-19-9-10-26-15/h3-6,9-10H,1-2,7-8H2,(H,19,22)(H4,17,18,20,21). The lowest BCUT2D eigenvalue weighted by atomic mass is 10.1. The maximum Gasteiger partial charge on any atom is 0.263 e. The molecule has 0 unspecified atom stereocenters. The largest absolute Gasteiger partial charge is 0.369 e. The highest BCUT2D eigenvalue weighted by Crippen LogP contribution is 2.40. The van der Waals surface area contributed by atoms with E-state index < -0.39 is 15.7 Å². The second-order valence-electron chi connectivity index (χ2n) is 6.40. The minimum Gasteiger partial charge on any atom is -0.369 e. The molecule has 1 aliphatic carbocycles. The Labute approximate surface area is 160 Å². The molecule has 1 aromatic carbocycles. The molecule has 1 spiro atoms. The molecule has 5 N–H and O–H groups in total. The Bertz CT molecular complexity index is 992. The molecule has 142 valence electrons. The molecule has 1 saturated carbocycles. The number of rotatable bonds is 4. The van der Waals surface area contributed by atoms with Crippen LogP contribution >= 0.6 is 11.3 Å². The van der Waals surface area contributed by atoms with Crippen molar-refractivity contribution < 1.29 is 8.42 Å². The molecular formula is C16H19N7O2S2. The van der Waals surface area contributed by atoms with E-state index in [0.29, 0.717) is 5.13 Å². The highest BCUT2D eigenvalue weighted by atomic mass is 32.2. The zero-order valence-corrected chi connectivity index (χ0v) is 16.0. The zero-order valence-electron chi connectivity index (χ0n) is 14.4. The number of sulfonamides is 1. The molecule has 4 rings (SSSR count). The molecule has 0 atom stereocenters. The average Bonchev–Trinajstić information content (AvgIpc) is 3.27. The van der Waals surface area contributed by atoms with Gasteiger partial charge in [0.2, 0.25) is 11.9 Å². The van der Waals surface area contributed by atoms with Gasteiger partial charge in [-0.1, -0.05) is 0 Å². The lowest BCUT2D eigenvalue weighted by Gasteiger charge is -2.41. The minimum absolute atomic E-state index is 0.137. The summed E-state index contributed by atoms with van der Waals surface area (Å²) in [7, 11) is -3.71. The van der Waals surface area contributed by atoms with Crippen LogP contribution in [0.3, 0.4) is 0 Å². The number of aromatic nitrogens is 1. The first kappa shape index (κ1) is 17.7. The summed E-state index contributed by atoms with van der Waals surface area (Å²) in [5.41, 5.74) is 12.2. The number of guanidine groups is 2. The first-order valence-corrected chi connectivity index (χ1v) is 10.8. The number of thiazole rings is 1. The molecule has 2 aromatic rings. The molecule has 2 heterocycles. The third kappa shape index (κ3) is 3.23. The predicted molar refractivity (Wildman–Crippen MR) is 106 cm³/mol. The van der Waals surface area contributed by atoms with Crippen molar-refractivity contribution in [1.82, 2.24) is 4.98 Å². The van der Waals surface area contributed by atoms with E-state index in [1.54, 1.807) is 17.5 Å². The Kier molecular flexibility index (Phi) is 4.27. The quantitative estimate of drug-likeness (QED) is 0.707. The highest BCUT2D eigenvalue weighted by molar-refractivity contribution is 7.93. The predicted octanol–water partition coefficient (Wildman–Crippen LogP) is 1.66. The maximum absolute atomic E-state index is 12.5. The number of hydrogen-bond donors (Lipinski definition) is 3. The smallest absolute Gasteiger partial charge is 0.263 e. The molecule has 0 bridgehead atoms. The van der Waals surface area contributed by atoms with Crippen LogP contribution in [0.1, 0.15) is 25.7 Å². The first-order chi connectivity index (χ1) is 12.9. The summed E-state index contributed by atoms with van der Waals surface area (Å²) in [6.07, 6.45) is 5.21. The second-order valence-corrected chi connectivity index (χ2v) is 8.98. The number of benzene rings is 1. The molecule has 0 saturated heterocycles. The Morgan fingerprint density at radius 3 is 2.48 bits per heavy atom. The van der Waals surface area contributed by atoms with E-state index >= 15 is 0 Å². The Hall–Kier alpha value is -2.66. The molecule has 11 heteroatoms. The van der Waals surface area contributed by atoms with Crippen LogP contribution in [0.25, 0.3) is 0 Å². The van der Waals surface area contributed by atoms with E-state index in [9.17, 15) is 8.42 Å². The topological polar surface area (TPSA) is 139 Å². The van der Waals surface area contributed by atoms with Gasteiger partial charge in [-0.25, -0.2) is 18.4 Å². The molecule has 1 aromatic heterocycles. The van der Waals surface area contributed by atoms with Gasteiger partial charge in [0.1, 0.15) is 5.66 Å². The number of nitrogens with two attached hydrogens (primary N) is 2. The van der Waals surface area contributed by atoms with Crippen molar-refractivity contribution in [2.75, 3.05) is 9.62 Å². The van der Waals surface area contributed by atoms with Crippen LogP contribution in [-0.2, 0) is 10.0 Å². The molecule has 2 aliphatic rings. The Morgan fingerprint density at radius 1 is 1.15 bits per heavy atom. The van der Waals surface area contributed by atoms with Gasteiger partial charge in [0.15, 0.2) is 5.13 Å². The third-order valence-electron chi connectivity index (χ3n) is 4.66. The third-order valence-corrected chi connectivity index (χ3v) is 6.83. The second kappa shape index (κ2) is 6.50. The SMILES string of the molecule is NC1=NC2(CCCC2)N(c2ccc(S(=O)(=O)Nc3nccs3)cc2)C(N)=N1. The van der Waals surface area contributed by atoms with Gasteiger partial charge in [0.25, 0.3) is 10.0 Å². The number of nitrogens with zero attached hydrogens (tertiary/aromatic N) is 4. The van der Waals surface area contributed by atoms with E-state index in [4.69, 9.17) is 11.5 Å². The van der Waals surface area contributed by atoms with Gasteiger partial charge in [0.05, 0.1) is 4.90 Å². The molecule has 9 nitrogen and oxygen atoms in total. The molecule has 1 aliphatic heterocycles. The summed E-state index contributed by atoms with van der Waals surface area (Å²) in [6, 6.07) is 6.47. The summed E-state index contributed by atoms with van der Waals surface area (Å²) in [5, 5.41) is 2.02. The van der Waals surface area contributed by atoms with Gasteiger partial charge in [0, 0.05) is 17.3 Å². The molecular weight excluding hydrogens is 386 g/mol. The number of anilines is 2. The van der Waals surface area contributed by atoms with Gasteiger partial charge >= 0.3 is 0 Å². The van der Waals surface area contributed by atoms with E-state index in [1.165, 1.54) is 29.7 Å². The van der Waals surface area contributed by atoms with Crippen molar-refractivity contribution >= 4 is 44.1 Å². The van der Waals surface area contributed by atoms with E-state index in [0.717, 1.165) is 31.4 Å². The lowest BCUT2D eigenvalue weighted by Crippen LogP contribution is -2.56. The normalized spacial score (nSPS) is 19.0. The number of nitrogens with one attached hydrogen (secondary N) is 1. The van der Waals surface area contributed by atoms with Crippen LogP contribution in [-0.4, -0.2) is 31.0 Å². The number of hydrogen-bond acceptors (Lipinski definition) is 9. The lowest BCUT2D eigenvalue weighted by molar-refractivity contribution is 0.452. The first-order valence-electron chi connectivity index (χ1n) is 8.42. The highest BCUT2D eigenvalue weighted by Gasteiger charge is 2.44. The van der Waals surface area contributed by atoms with Crippen molar-refractivity contribution in [3.8, 4) is 0 Å². The van der Waals surface area contributed by atoms with Crippen molar-refractivity contribution in [3.05, 3.63) is 35.8 Å². The van der Waals surface area contributed by atoms with Gasteiger partial charge in [-0.05, 0) is 49.9 Å². The summed E-state index contributed by atoms with van der Waals surface area (Å²) < 4.78 is 27.5. The van der Waals surface area contributed by atoms with Gasteiger partial charge in [-0.15, -0.1) is 11.3 Å². The summed E-state index contributed by atoms with van der Waals surface area (Å²) in [6.45, 7) is 0. The van der Waals surface area contributed by atoms with Gasteiger partial charge < -0.3 is 11.5 Å². The van der Waals surface area contributed by atoms with Gasteiger partial charge in [-0.3, -0.25) is 9.62 Å². The van der Waals surface area contributed by atoms with Crippen LogP contribution in [0.15, 0.2) is 50.7 Å². The summed E-state index contributed by atoms with van der Waals surface area (Å²) >= 11 is 1.22. The number of aliphatic imine (C=N–C) groups is 2. The molecule has 1 fully saturated rings. The van der Waals surface area contributed by atoms with E-state index in [1.807, 2.05) is 4.90 Å². The zero-order chi connectivity index (χ0) is 19.1. The fourth-order valence-corrected chi connectivity index (χ4v) is 5.33. The Morgan fingerprint density at radius 2 is 1.85 bits per heavy atom. The Balaban J connectivity index is 1.65. The van der Waals surface area contributed by atoms with E-state index in [-0.39, 0.29) is 16.8 Å². The van der Waals surface area contributed by atoms with Gasteiger partial charge in [-0.2, -0.15) is 4.99 Å². The van der Waals surface area contributed by atoms with Crippen LogP contribution in [0.5, 0.6) is 0 Å². The fourth-order valence-electron chi connectivity index (χ4n) is 3.54. The van der Waals surface area contributed by atoms with Crippen LogP contribution in [0, 0.1) is 0 Å². The van der Waals surface area contributed by atoms with Crippen molar-refractivity contribution in [2.45, 2.75) is 36.2 Å². The molecule has 0 amide bonds. The van der Waals surface area contributed by atoms with Crippen LogP contribution in [0.4, 0.5) is 10.8 Å². The van der Waals surface area contributed by atoms with Crippen LogP contribution in [0.2, 0.25) is 0 Å². The van der Waals surface area contributed by atoms with E-state index in [2.05, 4.69) is 19.7 Å². The molecule has 27 heavy (non-hydrogen) atoms. The summed E-state index contributed by atoms with van der Waals surface area (Å²) in [4.78, 5) is 14.6. The summed E-state index contributed by atoms with van der Waals surface area (Å²) in [5.74, 6) is 0.443. The van der Waals surface area contributed by atoms with Crippen LogP contribution < -0.4 is 21.1 Å². The minimum atomic E-state index is -3.71. The van der Waals surface area contributed by atoms with Crippen molar-refractivity contribution in [1.29, 1.82) is 0 Å². The molecule has 0 radical (unpaired) electrons. The van der Waals surface area contributed by atoms with Crippen molar-refractivity contribution in [3.63, 3.8) is 0 Å². The van der Waals surface area contributed by atoms with Crippen molar-refractivity contribution in [2.24, 2.45) is 21.5 Å². The monoisotopic (exact) mass is 405 g/mol. The fraction of sp³-hybridized carbons (Fsp3) is 0.312. The average molecular weight is 406 g/mol. The maximum atomic E-state index is 12.5.